The molecule has 1 saturated carbocycles. The van der Waals surface area contributed by atoms with Crippen LogP contribution in [-0.2, 0) is 19.8 Å². The van der Waals surface area contributed by atoms with Crippen LogP contribution in [0.25, 0.3) is 11.2 Å². The van der Waals surface area contributed by atoms with Crippen LogP contribution in [0.4, 0.5) is 18.9 Å². The fourth-order valence-electron chi connectivity index (χ4n) is 4.67. The minimum Gasteiger partial charge on any atom is -0.370 e. The van der Waals surface area contributed by atoms with Crippen molar-refractivity contribution in [3.8, 4) is 0 Å². The molecule has 170 valence electrons. The molecule has 0 spiro atoms. The largest absolute Gasteiger partial charge is 0.417 e. The Labute approximate surface area is 183 Å². The van der Waals surface area contributed by atoms with Gasteiger partial charge in [0.2, 0.25) is 5.89 Å². The molecule has 0 aromatic carbocycles. The fourth-order valence-corrected chi connectivity index (χ4v) is 4.67. The molecule has 0 unspecified atom stereocenters. The van der Waals surface area contributed by atoms with Gasteiger partial charge in [-0.05, 0) is 17.9 Å². The lowest BCUT2D eigenvalue weighted by Crippen LogP contribution is -2.24. The minimum atomic E-state index is -4.42. The molecule has 33 heavy (non-hydrogen) atoms. The summed E-state index contributed by atoms with van der Waals surface area (Å²) in [5.41, 5.74) is 0.207. The first-order valence-corrected chi connectivity index (χ1v) is 10.3. The van der Waals surface area contributed by atoms with E-state index >= 15 is 0 Å². The summed E-state index contributed by atoms with van der Waals surface area (Å²) >= 11 is 0. The van der Waals surface area contributed by atoms with Crippen molar-refractivity contribution in [2.45, 2.75) is 18.6 Å². The summed E-state index contributed by atoms with van der Waals surface area (Å²) in [4.78, 5) is 31.0. The third-order valence-corrected chi connectivity index (χ3v) is 6.40. The van der Waals surface area contributed by atoms with Crippen LogP contribution in [0.3, 0.4) is 0 Å². The second-order valence-electron chi connectivity index (χ2n) is 8.44. The zero-order valence-corrected chi connectivity index (χ0v) is 17.3. The molecule has 1 aliphatic carbocycles. The van der Waals surface area contributed by atoms with E-state index in [2.05, 4.69) is 25.1 Å². The van der Waals surface area contributed by atoms with Gasteiger partial charge in [-0.2, -0.15) is 18.2 Å². The fraction of sp³-hybridized carbons (Fsp3) is 0.400. The Morgan fingerprint density at radius 1 is 1.15 bits per heavy atom. The van der Waals surface area contributed by atoms with Crippen molar-refractivity contribution in [1.82, 2.24) is 34.2 Å². The number of aromatic nitrogens is 7. The van der Waals surface area contributed by atoms with Gasteiger partial charge in [-0.15, -0.1) is 0 Å². The summed E-state index contributed by atoms with van der Waals surface area (Å²) in [5, 5.41) is 4.08. The highest BCUT2D eigenvalue weighted by molar-refractivity contribution is 5.68. The Morgan fingerprint density at radius 3 is 2.67 bits per heavy atom. The molecule has 1 saturated heterocycles. The van der Waals surface area contributed by atoms with E-state index in [0.717, 1.165) is 12.3 Å². The predicted octanol–water partition coefficient (Wildman–Crippen LogP) is 1.82. The number of hydrogen-bond donors (Lipinski definition) is 0. The summed E-state index contributed by atoms with van der Waals surface area (Å²) < 4.78 is 47.3. The molecule has 4 aromatic heterocycles. The molecule has 13 heteroatoms. The maximum absolute atomic E-state index is 13.0. The van der Waals surface area contributed by atoms with Crippen molar-refractivity contribution in [2.75, 3.05) is 18.0 Å². The summed E-state index contributed by atoms with van der Waals surface area (Å²) in [7, 11) is 1.72. The quantitative estimate of drug-likeness (QED) is 0.456. The first-order chi connectivity index (χ1) is 15.8. The average molecular weight is 458 g/mol. The summed E-state index contributed by atoms with van der Waals surface area (Å²) in [6, 6.07) is 1.13. The Kier molecular flexibility index (Phi) is 4.13. The lowest BCUT2D eigenvalue weighted by atomic mass is 10.2. The predicted molar refractivity (Wildman–Crippen MR) is 107 cm³/mol. The van der Waals surface area contributed by atoms with Crippen molar-refractivity contribution in [1.29, 1.82) is 0 Å². The Hall–Kier alpha value is -3.77. The number of nitrogens with zero attached hydrogens (tertiary/aromatic N) is 8. The van der Waals surface area contributed by atoms with E-state index in [1.807, 2.05) is 4.90 Å². The van der Waals surface area contributed by atoms with Gasteiger partial charge in [0, 0.05) is 32.3 Å². The van der Waals surface area contributed by atoms with E-state index in [0.29, 0.717) is 41.7 Å². The third-order valence-electron chi connectivity index (χ3n) is 6.40. The van der Waals surface area contributed by atoms with E-state index in [9.17, 15) is 18.0 Å². The van der Waals surface area contributed by atoms with Crippen molar-refractivity contribution < 1.29 is 17.7 Å². The molecule has 0 N–H and O–H groups in total. The zero-order valence-electron chi connectivity index (χ0n) is 17.3. The maximum Gasteiger partial charge on any atom is 0.417 e. The molecule has 5 heterocycles. The van der Waals surface area contributed by atoms with Crippen LogP contribution < -0.4 is 10.5 Å². The highest BCUT2D eigenvalue weighted by Crippen LogP contribution is 2.58. The molecule has 0 radical (unpaired) electrons. The lowest BCUT2D eigenvalue weighted by Gasteiger charge is -2.22. The van der Waals surface area contributed by atoms with Gasteiger partial charge in [-0.1, -0.05) is 5.16 Å². The number of anilines is 1. The van der Waals surface area contributed by atoms with E-state index in [-0.39, 0.29) is 29.9 Å². The number of aryl methyl sites for hydroxylation is 1. The van der Waals surface area contributed by atoms with Crippen LogP contribution in [0.15, 0.2) is 40.4 Å². The Morgan fingerprint density at radius 2 is 1.91 bits per heavy atom. The number of piperidine rings is 1. The third kappa shape index (κ3) is 3.26. The van der Waals surface area contributed by atoms with Crippen LogP contribution in [0.5, 0.6) is 0 Å². The average Bonchev–Trinajstić information content (AvgIpc) is 3.20. The highest BCUT2D eigenvalue weighted by atomic mass is 19.4. The molecule has 3 atom stereocenters. The van der Waals surface area contributed by atoms with Gasteiger partial charge in [-0.3, -0.25) is 14.3 Å². The number of pyridine rings is 1. The lowest BCUT2D eigenvalue weighted by molar-refractivity contribution is -0.137. The van der Waals surface area contributed by atoms with Crippen molar-refractivity contribution in [3.05, 3.63) is 58.7 Å². The Balaban J connectivity index is 1.15. The molecule has 2 aliphatic rings. The van der Waals surface area contributed by atoms with Gasteiger partial charge >= 0.3 is 6.18 Å². The van der Waals surface area contributed by atoms with E-state index in [1.54, 1.807) is 11.6 Å². The molecule has 0 bridgehead atoms. The number of imidazole rings is 1. The minimum absolute atomic E-state index is 0.0873. The maximum atomic E-state index is 13.0. The highest BCUT2D eigenvalue weighted by Gasteiger charge is 2.58. The Bertz CT molecular complexity index is 1410. The van der Waals surface area contributed by atoms with Gasteiger partial charge in [-0.25, -0.2) is 9.97 Å². The van der Waals surface area contributed by atoms with Crippen LogP contribution in [-0.4, -0.2) is 47.3 Å². The van der Waals surface area contributed by atoms with Crippen molar-refractivity contribution in [3.63, 3.8) is 0 Å². The first kappa shape index (κ1) is 19.9. The van der Waals surface area contributed by atoms with Crippen LogP contribution in [0.2, 0.25) is 0 Å². The summed E-state index contributed by atoms with van der Waals surface area (Å²) in [6.07, 6.45) is 0.782. The van der Waals surface area contributed by atoms with Crippen LogP contribution in [0, 0.1) is 11.8 Å². The van der Waals surface area contributed by atoms with Gasteiger partial charge in [0.25, 0.3) is 5.56 Å². The number of hydrogen-bond acceptors (Lipinski definition) is 8. The van der Waals surface area contributed by atoms with E-state index < -0.39 is 11.7 Å². The standard InChI is InChI=1S/C20H17F3N8O2/c1-29-8-25-18-16(29)19(32)31(9-26-18)7-14-27-17(28-33-14)15-12-5-30(6-13(12)15)11-2-10(3-24-4-11)20(21,22)23/h2-4,8-9,12-13,15H,5-7H2,1H3/t12-,13+,15+. The topological polar surface area (TPSA) is 108 Å². The van der Waals surface area contributed by atoms with E-state index in [4.69, 9.17) is 4.52 Å². The molecule has 2 fully saturated rings. The van der Waals surface area contributed by atoms with E-state index in [1.165, 1.54) is 23.4 Å². The summed E-state index contributed by atoms with van der Waals surface area (Å²) in [5.74, 6) is 1.41. The normalized spacial score (nSPS) is 22.2. The second-order valence-corrected chi connectivity index (χ2v) is 8.44. The zero-order chi connectivity index (χ0) is 22.9. The van der Waals surface area contributed by atoms with Crippen molar-refractivity contribution >= 4 is 16.9 Å². The molecular formula is C20H17F3N8O2. The molecule has 0 amide bonds. The molecule has 1 aliphatic heterocycles. The monoisotopic (exact) mass is 458 g/mol. The summed E-state index contributed by atoms with van der Waals surface area (Å²) in [6.45, 7) is 1.29. The molecule has 6 rings (SSSR count). The van der Waals surface area contributed by atoms with Gasteiger partial charge in [0.1, 0.15) is 12.9 Å². The number of alkyl halides is 3. The molecule has 10 nitrogen and oxygen atoms in total. The van der Waals surface area contributed by atoms with Gasteiger partial charge in [0.05, 0.1) is 23.8 Å². The number of rotatable bonds is 4. The number of halogens is 3. The first-order valence-electron chi connectivity index (χ1n) is 10.3. The van der Waals surface area contributed by atoms with Gasteiger partial charge < -0.3 is 14.0 Å². The van der Waals surface area contributed by atoms with Crippen LogP contribution >= 0.6 is 0 Å². The van der Waals surface area contributed by atoms with Crippen LogP contribution in [0.1, 0.15) is 23.2 Å². The van der Waals surface area contributed by atoms with Gasteiger partial charge in [0.15, 0.2) is 17.0 Å². The second kappa shape index (κ2) is 6.86. The SMILES string of the molecule is Cn1cnc2ncn(Cc3nc([C@H]4[C@@H]5CN(c6cncc(C(F)(F)F)c6)C[C@@H]54)no3)c(=O)c21. The molecule has 4 aromatic rings. The smallest absolute Gasteiger partial charge is 0.370 e. The molecular weight excluding hydrogens is 441 g/mol. The van der Waals surface area contributed by atoms with Crippen molar-refractivity contribution in [2.24, 2.45) is 18.9 Å². The number of fused-ring (bicyclic) bond motifs is 2.